The van der Waals surface area contributed by atoms with Gasteiger partial charge in [-0.2, -0.15) is 5.10 Å². The second-order valence-electron chi connectivity index (χ2n) is 7.11. The number of aromatic nitrogens is 2. The van der Waals surface area contributed by atoms with Gasteiger partial charge < -0.3 is 15.0 Å². The lowest BCUT2D eigenvalue weighted by atomic mass is 10.0. The van der Waals surface area contributed by atoms with Gasteiger partial charge in [0.1, 0.15) is 11.9 Å². The number of aliphatic imine (C=N–C) groups is 1. The molecular weight excluding hydrogens is 489 g/mol. The first-order chi connectivity index (χ1) is 13.0. The average Bonchev–Trinajstić information content (AvgIpc) is 3.27. The fraction of sp³-hybridized carbons (Fsp3) is 0.500. The number of halogens is 2. The van der Waals surface area contributed by atoms with Crippen LogP contribution < -0.4 is 10.1 Å². The highest BCUT2D eigenvalue weighted by Crippen LogP contribution is 2.24. The van der Waals surface area contributed by atoms with Crippen molar-refractivity contribution in [2.24, 2.45) is 18.0 Å². The van der Waals surface area contributed by atoms with E-state index in [0.717, 1.165) is 25.5 Å². The summed E-state index contributed by atoms with van der Waals surface area (Å²) in [7, 11) is 3.79. The first-order valence-electron chi connectivity index (χ1n) is 9.39. The average molecular weight is 518 g/mol. The summed E-state index contributed by atoms with van der Waals surface area (Å²) in [6.45, 7) is 4.72. The highest BCUT2D eigenvalue weighted by atomic mass is 127. The van der Waals surface area contributed by atoms with Crippen molar-refractivity contribution in [3.05, 3.63) is 47.2 Å². The van der Waals surface area contributed by atoms with Gasteiger partial charge in [0, 0.05) is 33.4 Å². The van der Waals surface area contributed by atoms with Gasteiger partial charge in [-0.05, 0) is 43.4 Å². The van der Waals surface area contributed by atoms with Crippen molar-refractivity contribution in [1.82, 2.24) is 20.0 Å². The second-order valence-corrected chi connectivity index (χ2v) is 7.52. The molecule has 154 valence electrons. The predicted molar refractivity (Wildman–Crippen MR) is 125 cm³/mol. The zero-order valence-electron chi connectivity index (χ0n) is 16.6. The van der Waals surface area contributed by atoms with E-state index in [1.807, 2.05) is 56.2 Å². The summed E-state index contributed by atoms with van der Waals surface area (Å²) >= 11 is 6.16. The quantitative estimate of drug-likeness (QED) is 0.361. The summed E-state index contributed by atoms with van der Waals surface area (Å²) in [5.41, 5.74) is 1.30. The molecule has 1 aliphatic heterocycles. The maximum Gasteiger partial charge on any atom is 0.193 e. The molecule has 0 radical (unpaired) electrons. The molecule has 0 aliphatic carbocycles. The van der Waals surface area contributed by atoms with E-state index in [9.17, 15) is 0 Å². The topological polar surface area (TPSA) is 54.7 Å². The zero-order valence-corrected chi connectivity index (χ0v) is 19.7. The lowest BCUT2D eigenvalue weighted by Gasteiger charge is -2.24. The lowest BCUT2D eigenvalue weighted by Crippen LogP contribution is -2.43. The molecule has 6 nitrogen and oxygen atoms in total. The van der Waals surface area contributed by atoms with E-state index < -0.39 is 0 Å². The van der Waals surface area contributed by atoms with Crippen molar-refractivity contribution in [3.63, 3.8) is 0 Å². The minimum absolute atomic E-state index is 0. The van der Waals surface area contributed by atoms with E-state index in [4.69, 9.17) is 16.3 Å². The van der Waals surface area contributed by atoms with Crippen molar-refractivity contribution in [2.45, 2.75) is 25.9 Å². The lowest BCUT2D eigenvalue weighted by molar-refractivity contribution is 0.222. The monoisotopic (exact) mass is 517 g/mol. The van der Waals surface area contributed by atoms with E-state index in [0.29, 0.717) is 23.2 Å². The van der Waals surface area contributed by atoms with Crippen LogP contribution in [0.4, 0.5) is 0 Å². The summed E-state index contributed by atoms with van der Waals surface area (Å²) in [4.78, 5) is 6.77. The Balaban J connectivity index is 0.00000280. The van der Waals surface area contributed by atoms with Crippen molar-refractivity contribution < 1.29 is 4.74 Å². The van der Waals surface area contributed by atoms with Crippen LogP contribution in [0.1, 0.15) is 18.9 Å². The SMILES string of the molecule is CN=C(NCC(C)Oc1ccccc1Cl)N1CCC(Cc2cnn(C)c2)C1.I. The Bertz CT molecular complexity index is 781. The van der Waals surface area contributed by atoms with Gasteiger partial charge in [0.25, 0.3) is 0 Å². The van der Waals surface area contributed by atoms with Crippen molar-refractivity contribution in [1.29, 1.82) is 0 Å². The molecule has 1 saturated heterocycles. The summed E-state index contributed by atoms with van der Waals surface area (Å²) in [5, 5.41) is 8.32. The molecule has 2 aromatic rings. The van der Waals surface area contributed by atoms with Gasteiger partial charge in [-0.15, -0.1) is 24.0 Å². The number of hydrogen-bond acceptors (Lipinski definition) is 3. The number of aryl methyl sites for hydroxylation is 1. The zero-order chi connectivity index (χ0) is 19.2. The number of guanidine groups is 1. The third-order valence-corrected chi connectivity index (χ3v) is 5.10. The molecule has 1 fully saturated rings. The highest BCUT2D eigenvalue weighted by molar-refractivity contribution is 14.0. The van der Waals surface area contributed by atoms with Crippen LogP contribution in [-0.4, -0.2) is 53.4 Å². The smallest absolute Gasteiger partial charge is 0.193 e. The van der Waals surface area contributed by atoms with Crippen LogP contribution in [0.15, 0.2) is 41.7 Å². The third kappa shape index (κ3) is 6.27. The van der Waals surface area contributed by atoms with Gasteiger partial charge in [-0.25, -0.2) is 0 Å². The minimum Gasteiger partial charge on any atom is -0.487 e. The molecule has 1 aromatic heterocycles. The molecule has 3 rings (SSSR count). The molecule has 0 saturated carbocycles. The number of ether oxygens (including phenoxy) is 1. The van der Waals surface area contributed by atoms with Crippen LogP contribution in [-0.2, 0) is 13.5 Å². The van der Waals surface area contributed by atoms with Crippen molar-refractivity contribution in [3.8, 4) is 5.75 Å². The molecule has 1 N–H and O–H groups in total. The van der Waals surface area contributed by atoms with Crippen LogP contribution in [0.2, 0.25) is 5.02 Å². The van der Waals surface area contributed by atoms with E-state index >= 15 is 0 Å². The number of likely N-dealkylation sites (tertiary alicyclic amines) is 1. The molecule has 1 aromatic carbocycles. The third-order valence-electron chi connectivity index (χ3n) is 4.79. The standard InChI is InChI=1S/C20H28ClN5O.HI/c1-15(27-19-7-5-4-6-18(19)21)11-23-20(22-2)26-9-8-16(14-26)10-17-12-24-25(3)13-17;/h4-7,12-13,15-16H,8-11,14H2,1-3H3,(H,22,23);1H. The maximum absolute atomic E-state index is 6.16. The first-order valence-corrected chi connectivity index (χ1v) is 9.77. The Morgan fingerprint density at radius 2 is 2.21 bits per heavy atom. The summed E-state index contributed by atoms with van der Waals surface area (Å²) in [5.74, 6) is 2.27. The summed E-state index contributed by atoms with van der Waals surface area (Å²) in [6, 6.07) is 7.54. The Labute approximate surface area is 189 Å². The fourth-order valence-electron chi connectivity index (χ4n) is 3.47. The molecule has 1 aliphatic rings. The number of hydrogen-bond donors (Lipinski definition) is 1. The first kappa shape index (κ1) is 22.8. The molecule has 28 heavy (non-hydrogen) atoms. The normalized spacial score (nSPS) is 17.9. The van der Waals surface area contributed by atoms with E-state index in [1.54, 1.807) is 0 Å². The van der Waals surface area contributed by atoms with Gasteiger partial charge in [-0.3, -0.25) is 9.67 Å². The van der Waals surface area contributed by atoms with Gasteiger partial charge in [0.2, 0.25) is 0 Å². The van der Waals surface area contributed by atoms with Gasteiger partial charge >= 0.3 is 0 Å². The number of benzene rings is 1. The summed E-state index contributed by atoms with van der Waals surface area (Å²) < 4.78 is 7.79. The van der Waals surface area contributed by atoms with Crippen LogP contribution >= 0.6 is 35.6 Å². The molecule has 2 heterocycles. The number of para-hydroxylation sites is 1. The number of nitrogens with one attached hydrogen (secondary N) is 1. The van der Waals surface area contributed by atoms with Crippen LogP contribution in [0.25, 0.3) is 0 Å². The molecule has 2 unspecified atom stereocenters. The molecule has 0 bridgehead atoms. The molecular formula is C20H29ClIN5O. The number of nitrogens with zero attached hydrogens (tertiary/aromatic N) is 4. The predicted octanol–water partition coefficient (Wildman–Crippen LogP) is 3.60. The van der Waals surface area contributed by atoms with Crippen molar-refractivity contribution >= 4 is 41.5 Å². The molecule has 0 spiro atoms. The molecule has 2 atom stereocenters. The van der Waals surface area contributed by atoms with Gasteiger partial charge in [0.15, 0.2) is 5.96 Å². The Morgan fingerprint density at radius 3 is 2.89 bits per heavy atom. The number of rotatable bonds is 6. The molecule has 8 heteroatoms. The van der Waals surface area contributed by atoms with E-state index in [-0.39, 0.29) is 30.1 Å². The van der Waals surface area contributed by atoms with Gasteiger partial charge in [0.05, 0.1) is 17.8 Å². The Hall–Kier alpha value is -1.48. The summed E-state index contributed by atoms with van der Waals surface area (Å²) in [6.07, 6.45) is 6.28. The van der Waals surface area contributed by atoms with Crippen molar-refractivity contribution in [2.75, 3.05) is 26.7 Å². The fourth-order valence-corrected chi connectivity index (χ4v) is 3.65. The maximum atomic E-state index is 6.16. The van der Waals surface area contributed by atoms with Crippen LogP contribution in [0.3, 0.4) is 0 Å². The van der Waals surface area contributed by atoms with Crippen LogP contribution in [0, 0.1) is 5.92 Å². The van der Waals surface area contributed by atoms with E-state index in [1.165, 1.54) is 12.0 Å². The Morgan fingerprint density at radius 1 is 1.43 bits per heavy atom. The highest BCUT2D eigenvalue weighted by Gasteiger charge is 2.25. The molecule has 0 amide bonds. The minimum atomic E-state index is -0.0181. The largest absolute Gasteiger partial charge is 0.487 e. The Kier molecular flexibility index (Phi) is 8.88. The van der Waals surface area contributed by atoms with Gasteiger partial charge in [-0.1, -0.05) is 23.7 Å². The second kappa shape index (κ2) is 10.9. The van der Waals surface area contributed by atoms with Crippen LogP contribution in [0.5, 0.6) is 5.75 Å². The van der Waals surface area contributed by atoms with E-state index in [2.05, 4.69) is 26.5 Å².